The number of carbonyl (C=O) groups excluding carboxylic acids is 1. The zero-order valence-electron chi connectivity index (χ0n) is 11.3. The maximum Gasteiger partial charge on any atom is 0.315 e. The molecule has 0 heterocycles. The van der Waals surface area contributed by atoms with Crippen molar-refractivity contribution in [2.24, 2.45) is 5.92 Å². The maximum atomic E-state index is 11.8. The molecule has 0 aromatic heterocycles. The van der Waals surface area contributed by atoms with E-state index in [2.05, 4.69) is 17.6 Å². The molecule has 1 aliphatic rings. The molecule has 1 aliphatic carbocycles. The standard InChI is InChI=1S/C15H21ClN2O/c1-11-2-8-14(9-3-11)18-15(19)17-10-12-4-6-13(16)7-5-12/h4-7,11,14H,2-3,8-10H2,1H3,(H2,17,18,19). The van der Waals surface area contributed by atoms with E-state index in [1.807, 2.05) is 24.3 Å². The number of hydrogen-bond acceptors (Lipinski definition) is 1. The van der Waals surface area contributed by atoms with Crippen LogP contribution in [0.5, 0.6) is 0 Å². The van der Waals surface area contributed by atoms with Gasteiger partial charge >= 0.3 is 6.03 Å². The summed E-state index contributed by atoms with van der Waals surface area (Å²) in [6, 6.07) is 7.77. The summed E-state index contributed by atoms with van der Waals surface area (Å²) in [7, 11) is 0. The van der Waals surface area contributed by atoms with Gasteiger partial charge in [-0.3, -0.25) is 0 Å². The second kappa shape index (κ2) is 6.80. The molecule has 0 radical (unpaired) electrons. The lowest BCUT2D eigenvalue weighted by atomic mass is 9.87. The second-order valence-electron chi connectivity index (χ2n) is 5.41. The van der Waals surface area contributed by atoms with Crippen molar-refractivity contribution in [1.29, 1.82) is 0 Å². The zero-order valence-corrected chi connectivity index (χ0v) is 12.0. The molecule has 2 N–H and O–H groups in total. The predicted octanol–water partition coefficient (Wildman–Crippen LogP) is 3.72. The highest BCUT2D eigenvalue weighted by molar-refractivity contribution is 6.30. The Bertz CT molecular complexity index is 411. The SMILES string of the molecule is CC1CCC(NC(=O)NCc2ccc(Cl)cc2)CC1. The smallest absolute Gasteiger partial charge is 0.315 e. The van der Waals surface area contributed by atoms with Crippen molar-refractivity contribution in [3.63, 3.8) is 0 Å². The number of amides is 2. The summed E-state index contributed by atoms with van der Waals surface area (Å²) in [6.45, 7) is 2.81. The van der Waals surface area contributed by atoms with Crippen molar-refractivity contribution in [2.75, 3.05) is 0 Å². The van der Waals surface area contributed by atoms with Crippen molar-refractivity contribution in [3.8, 4) is 0 Å². The van der Waals surface area contributed by atoms with Gasteiger partial charge in [-0.2, -0.15) is 0 Å². The van der Waals surface area contributed by atoms with Crippen LogP contribution in [-0.2, 0) is 6.54 Å². The number of halogens is 1. The summed E-state index contributed by atoms with van der Waals surface area (Å²) >= 11 is 5.82. The molecule has 0 unspecified atom stereocenters. The maximum absolute atomic E-state index is 11.8. The van der Waals surface area contributed by atoms with Gasteiger partial charge in [0.15, 0.2) is 0 Å². The van der Waals surface area contributed by atoms with Crippen LogP contribution in [-0.4, -0.2) is 12.1 Å². The lowest BCUT2D eigenvalue weighted by Gasteiger charge is -2.26. The predicted molar refractivity (Wildman–Crippen MR) is 78.2 cm³/mol. The molecule has 2 amide bonds. The van der Waals surface area contributed by atoms with Crippen molar-refractivity contribution < 1.29 is 4.79 Å². The molecule has 1 fully saturated rings. The van der Waals surface area contributed by atoms with Crippen LogP contribution in [0.15, 0.2) is 24.3 Å². The highest BCUT2D eigenvalue weighted by atomic mass is 35.5. The molecule has 2 rings (SSSR count). The van der Waals surface area contributed by atoms with Crippen molar-refractivity contribution in [3.05, 3.63) is 34.9 Å². The van der Waals surface area contributed by atoms with Crippen molar-refractivity contribution >= 4 is 17.6 Å². The fourth-order valence-corrected chi connectivity index (χ4v) is 2.55. The monoisotopic (exact) mass is 280 g/mol. The Balaban J connectivity index is 1.71. The topological polar surface area (TPSA) is 41.1 Å². The molecule has 0 saturated heterocycles. The first kappa shape index (κ1) is 14.2. The minimum Gasteiger partial charge on any atom is -0.335 e. The average Bonchev–Trinajstić information content (AvgIpc) is 2.41. The number of hydrogen-bond donors (Lipinski definition) is 2. The van der Waals surface area contributed by atoms with E-state index in [-0.39, 0.29) is 6.03 Å². The molecule has 3 nitrogen and oxygen atoms in total. The minimum atomic E-state index is -0.0745. The van der Waals surface area contributed by atoms with E-state index in [9.17, 15) is 4.79 Å². The molecule has 0 spiro atoms. The first-order valence-corrected chi connectivity index (χ1v) is 7.30. The quantitative estimate of drug-likeness (QED) is 0.870. The van der Waals surface area contributed by atoms with Crippen LogP contribution >= 0.6 is 11.6 Å². The summed E-state index contributed by atoms with van der Waals surface area (Å²) < 4.78 is 0. The molecular formula is C15H21ClN2O. The van der Waals surface area contributed by atoms with Gasteiger partial charge < -0.3 is 10.6 Å². The Hall–Kier alpha value is -1.22. The Morgan fingerprint density at radius 3 is 2.47 bits per heavy atom. The van der Waals surface area contributed by atoms with Gasteiger partial charge in [-0.25, -0.2) is 4.79 Å². The van der Waals surface area contributed by atoms with Crippen LogP contribution in [0.4, 0.5) is 4.79 Å². The van der Waals surface area contributed by atoms with Gasteiger partial charge in [-0.1, -0.05) is 30.7 Å². The Morgan fingerprint density at radius 2 is 1.84 bits per heavy atom. The van der Waals surface area contributed by atoms with Gasteiger partial charge in [0.05, 0.1) is 0 Å². The number of nitrogens with one attached hydrogen (secondary N) is 2. The average molecular weight is 281 g/mol. The van der Waals surface area contributed by atoms with Gasteiger partial charge in [-0.05, 0) is 49.3 Å². The zero-order chi connectivity index (χ0) is 13.7. The van der Waals surface area contributed by atoms with Crippen LogP contribution in [0.1, 0.15) is 38.2 Å². The number of carbonyl (C=O) groups is 1. The van der Waals surface area contributed by atoms with Gasteiger partial charge in [0.1, 0.15) is 0 Å². The van der Waals surface area contributed by atoms with Gasteiger partial charge in [0, 0.05) is 17.6 Å². The van der Waals surface area contributed by atoms with E-state index in [1.165, 1.54) is 12.8 Å². The lowest BCUT2D eigenvalue weighted by Crippen LogP contribution is -2.43. The highest BCUT2D eigenvalue weighted by Crippen LogP contribution is 2.23. The minimum absolute atomic E-state index is 0.0745. The fourth-order valence-electron chi connectivity index (χ4n) is 2.43. The van der Waals surface area contributed by atoms with E-state index in [1.54, 1.807) is 0 Å². The van der Waals surface area contributed by atoms with E-state index in [4.69, 9.17) is 11.6 Å². The third-order valence-corrected chi connectivity index (χ3v) is 3.97. The van der Waals surface area contributed by atoms with E-state index in [0.717, 1.165) is 24.3 Å². The molecule has 1 aromatic rings. The Kier molecular flexibility index (Phi) is 5.08. The summed E-state index contributed by atoms with van der Waals surface area (Å²) in [4.78, 5) is 11.8. The highest BCUT2D eigenvalue weighted by Gasteiger charge is 2.19. The summed E-state index contributed by atoms with van der Waals surface area (Å²) in [6.07, 6.45) is 4.61. The van der Waals surface area contributed by atoms with Crippen LogP contribution < -0.4 is 10.6 Å². The van der Waals surface area contributed by atoms with E-state index >= 15 is 0 Å². The second-order valence-corrected chi connectivity index (χ2v) is 5.85. The Morgan fingerprint density at radius 1 is 1.21 bits per heavy atom. The fraction of sp³-hybridized carbons (Fsp3) is 0.533. The van der Waals surface area contributed by atoms with Crippen molar-refractivity contribution in [2.45, 2.75) is 45.2 Å². The van der Waals surface area contributed by atoms with Crippen molar-refractivity contribution in [1.82, 2.24) is 10.6 Å². The third-order valence-electron chi connectivity index (χ3n) is 3.72. The molecular weight excluding hydrogens is 260 g/mol. The molecule has 0 atom stereocenters. The molecule has 19 heavy (non-hydrogen) atoms. The molecule has 0 aliphatic heterocycles. The molecule has 1 aromatic carbocycles. The largest absolute Gasteiger partial charge is 0.335 e. The first-order chi connectivity index (χ1) is 9.13. The van der Waals surface area contributed by atoms with E-state index < -0.39 is 0 Å². The van der Waals surface area contributed by atoms with Crippen LogP contribution in [0.3, 0.4) is 0 Å². The lowest BCUT2D eigenvalue weighted by molar-refractivity contribution is 0.228. The normalized spacial score (nSPS) is 22.8. The number of urea groups is 1. The molecule has 104 valence electrons. The molecule has 1 saturated carbocycles. The number of rotatable bonds is 3. The van der Waals surface area contributed by atoms with Gasteiger partial charge in [0.2, 0.25) is 0 Å². The molecule has 0 bridgehead atoms. The summed E-state index contributed by atoms with van der Waals surface area (Å²) in [5.41, 5.74) is 1.05. The third kappa shape index (κ3) is 4.75. The van der Waals surface area contributed by atoms with Crippen LogP contribution in [0.2, 0.25) is 5.02 Å². The molecule has 4 heteroatoms. The van der Waals surface area contributed by atoms with Crippen LogP contribution in [0.25, 0.3) is 0 Å². The first-order valence-electron chi connectivity index (χ1n) is 6.92. The summed E-state index contributed by atoms with van der Waals surface area (Å²) in [5.74, 6) is 0.801. The number of benzene rings is 1. The Labute approximate surface area is 119 Å². The van der Waals surface area contributed by atoms with Gasteiger partial charge in [-0.15, -0.1) is 0 Å². The van der Waals surface area contributed by atoms with Gasteiger partial charge in [0.25, 0.3) is 0 Å². The van der Waals surface area contributed by atoms with Crippen LogP contribution in [0, 0.1) is 5.92 Å². The summed E-state index contributed by atoms with van der Waals surface area (Å²) in [5, 5.41) is 6.64. The van der Waals surface area contributed by atoms with E-state index in [0.29, 0.717) is 17.6 Å².